The third-order valence-electron chi connectivity index (χ3n) is 4.95. The van der Waals surface area contributed by atoms with Crippen LogP contribution in [0.5, 0.6) is 5.75 Å². The molecule has 7 nitrogen and oxygen atoms in total. The van der Waals surface area contributed by atoms with Crippen molar-refractivity contribution in [2.24, 2.45) is 5.10 Å². The van der Waals surface area contributed by atoms with E-state index in [1.54, 1.807) is 20.1 Å². The first-order valence-corrected chi connectivity index (χ1v) is 9.48. The number of hydrazone groups is 1. The number of hydrogen-bond acceptors (Lipinski definition) is 5. The Bertz CT molecular complexity index is 867. The first-order chi connectivity index (χ1) is 13.5. The molecule has 0 unspecified atom stereocenters. The molecule has 0 radical (unpaired) electrons. The molecule has 3 rings (SSSR count). The van der Waals surface area contributed by atoms with Gasteiger partial charge in [-0.15, -0.1) is 0 Å². The zero-order chi connectivity index (χ0) is 20.1. The molecule has 0 saturated carbocycles. The van der Waals surface area contributed by atoms with E-state index in [1.165, 1.54) is 4.90 Å². The van der Waals surface area contributed by atoms with Gasteiger partial charge in [-0.1, -0.05) is 0 Å². The average Bonchev–Trinajstić information content (AvgIpc) is 3.04. The van der Waals surface area contributed by atoms with E-state index in [-0.39, 0.29) is 5.91 Å². The second-order valence-corrected chi connectivity index (χ2v) is 7.03. The van der Waals surface area contributed by atoms with Gasteiger partial charge in [0.25, 0.3) is 5.91 Å². The Morgan fingerprint density at radius 3 is 2.64 bits per heavy atom. The van der Waals surface area contributed by atoms with Crippen LogP contribution in [0.25, 0.3) is 0 Å². The molecule has 1 amide bonds. The van der Waals surface area contributed by atoms with E-state index in [4.69, 9.17) is 13.9 Å². The summed E-state index contributed by atoms with van der Waals surface area (Å²) >= 11 is 0. The number of nitrogens with one attached hydrogen (secondary N) is 2. The maximum Gasteiger partial charge on any atom is 0.274 e. The fourth-order valence-corrected chi connectivity index (χ4v) is 3.36. The largest absolute Gasteiger partial charge is 0.496 e. The van der Waals surface area contributed by atoms with Crippen LogP contribution in [-0.2, 0) is 11.3 Å². The van der Waals surface area contributed by atoms with Gasteiger partial charge in [-0.05, 0) is 50.6 Å². The number of carbonyl (C=O) groups is 1. The summed E-state index contributed by atoms with van der Waals surface area (Å²) in [6.07, 6.45) is 0. The summed E-state index contributed by atoms with van der Waals surface area (Å²) < 4.78 is 16.4. The summed E-state index contributed by atoms with van der Waals surface area (Å²) in [4.78, 5) is 13.8. The van der Waals surface area contributed by atoms with Gasteiger partial charge in [0.2, 0.25) is 0 Å². The van der Waals surface area contributed by atoms with Crippen molar-refractivity contribution >= 4 is 11.6 Å². The van der Waals surface area contributed by atoms with Crippen LogP contribution in [-0.4, -0.2) is 45.0 Å². The third kappa shape index (κ3) is 4.79. The van der Waals surface area contributed by atoms with E-state index in [1.807, 2.05) is 26.0 Å². The van der Waals surface area contributed by atoms with E-state index in [0.29, 0.717) is 17.1 Å². The molecule has 0 atom stereocenters. The zero-order valence-electron chi connectivity index (χ0n) is 16.9. The summed E-state index contributed by atoms with van der Waals surface area (Å²) in [5.74, 6) is 1.88. The molecule has 1 fully saturated rings. The second-order valence-electron chi connectivity index (χ2n) is 7.03. The molecule has 28 heavy (non-hydrogen) atoms. The fraction of sp³-hybridized carbons (Fsp3) is 0.429. The molecule has 0 bridgehead atoms. The number of rotatable bonds is 6. The van der Waals surface area contributed by atoms with Crippen molar-refractivity contribution < 1.29 is 23.6 Å². The molecule has 1 aromatic heterocycles. The SMILES string of the molecule is COc1ccc(/C(C)=N\NC(=O)c2cc(C)oc2C)cc1C[NH+]1CCOCC1. The number of aryl methyl sites for hydroxylation is 2. The summed E-state index contributed by atoms with van der Waals surface area (Å²) in [6, 6.07) is 7.70. The van der Waals surface area contributed by atoms with Crippen molar-refractivity contribution in [2.75, 3.05) is 33.4 Å². The summed E-state index contributed by atoms with van der Waals surface area (Å²) in [6.45, 7) is 9.87. The van der Waals surface area contributed by atoms with E-state index >= 15 is 0 Å². The molecule has 2 heterocycles. The van der Waals surface area contributed by atoms with E-state index in [9.17, 15) is 4.79 Å². The number of benzene rings is 1. The van der Waals surface area contributed by atoms with Gasteiger partial charge in [-0.3, -0.25) is 4.79 Å². The molecule has 2 N–H and O–H groups in total. The van der Waals surface area contributed by atoms with Crippen LogP contribution >= 0.6 is 0 Å². The number of methoxy groups -OCH3 is 1. The highest BCUT2D eigenvalue weighted by molar-refractivity contribution is 6.01. The number of morpholine rings is 1. The van der Waals surface area contributed by atoms with Gasteiger partial charge in [-0.25, -0.2) is 5.43 Å². The maximum atomic E-state index is 12.3. The predicted octanol–water partition coefficient (Wildman–Crippen LogP) is 1.47. The number of carbonyl (C=O) groups excluding carboxylic acids is 1. The van der Waals surface area contributed by atoms with Crippen LogP contribution in [0.4, 0.5) is 0 Å². The van der Waals surface area contributed by atoms with Crippen LogP contribution < -0.4 is 15.1 Å². The number of furan rings is 1. The Kier molecular flexibility index (Phi) is 6.49. The van der Waals surface area contributed by atoms with Gasteiger partial charge < -0.3 is 18.8 Å². The predicted molar refractivity (Wildman–Crippen MR) is 106 cm³/mol. The summed E-state index contributed by atoms with van der Waals surface area (Å²) in [5.41, 5.74) is 5.92. The normalized spacial score (nSPS) is 15.5. The van der Waals surface area contributed by atoms with Crippen molar-refractivity contribution in [3.05, 3.63) is 52.5 Å². The van der Waals surface area contributed by atoms with Crippen LogP contribution in [0.1, 0.15) is 39.9 Å². The van der Waals surface area contributed by atoms with E-state index < -0.39 is 0 Å². The van der Waals surface area contributed by atoms with Crippen LogP contribution in [0, 0.1) is 13.8 Å². The number of amides is 1. The summed E-state index contributed by atoms with van der Waals surface area (Å²) in [7, 11) is 1.68. The molecular weight excluding hydrogens is 358 g/mol. The summed E-state index contributed by atoms with van der Waals surface area (Å²) in [5, 5.41) is 4.27. The molecule has 1 aliphatic rings. The average molecular weight is 386 g/mol. The fourth-order valence-electron chi connectivity index (χ4n) is 3.36. The Hall–Kier alpha value is -2.64. The highest BCUT2D eigenvalue weighted by Gasteiger charge is 2.18. The van der Waals surface area contributed by atoms with Crippen molar-refractivity contribution in [3.8, 4) is 5.75 Å². The molecule has 150 valence electrons. The Labute approximate surface area is 165 Å². The third-order valence-corrected chi connectivity index (χ3v) is 4.95. The number of hydrogen-bond donors (Lipinski definition) is 2. The van der Waals surface area contributed by atoms with Crippen LogP contribution in [0.15, 0.2) is 33.8 Å². The highest BCUT2D eigenvalue weighted by Crippen LogP contribution is 2.20. The second kappa shape index (κ2) is 9.03. The monoisotopic (exact) mass is 386 g/mol. The minimum absolute atomic E-state index is 0.278. The first-order valence-electron chi connectivity index (χ1n) is 9.48. The van der Waals surface area contributed by atoms with Crippen molar-refractivity contribution in [2.45, 2.75) is 27.3 Å². The smallest absolute Gasteiger partial charge is 0.274 e. The van der Waals surface area contributed by atoms with Gasteiger partial charge >= 0.3 is 0 Å². The Morgan fingerprint density at radius 1 is 1.25 bits per heavy atom. The Balaban J connectivity index is 1.74. The first kappa shape index (κ1) is 20.1. The molecule has 0 aliphatic carbocycles. The number of ether oxygens (including phenoxy) is 2. The molecule has 1 aromatic carbocycles. The van der Waals surface area contributed by atoms with Gasteiger partial charge in [-0.2, -0.15) is 5.10 Å². The maximum absolute atomic E-state index is 12.3. The molecule has 1 saturated heterocycles. The highest BCUT2D eigenvalue weighted by atomic mass is 16.5. The van der Waals surface area contributed by atoms with Gasteiger partial charge in [0.05, 0.1) is 31.6 Å². The standard InChI is InChI=1S/C21H27N3O4/c1-14-11-19(16(3)28-14)21(25)23-22-15(2)17-5-6-20(26-4)18(12-17)13-24-7-9-27-10-8-24/h5-6,11-12H,7-10,13H2,1-4H3,(H,23,25)/p+1/b22-15-. The minimum atomic E-state index is -0.278. The zero-order valence-corrected chi connectivity index (χ0v) is 16.9. The topological polar surface area (TPSA) is 77.5 Å². The lowest BCUT2D eigenvalue weighted by Gasteiger charge is -2.24. The molecule has 0 spiro atoms. The van der Waals surface area contributed by atoms with E-state index in [0.717, 1.165) is 55.4 Å². The molecule has 7 heteroatoms. The minimum Gasteiger partial charge on any atom is -0.496 e. The molecular formula is C21H28N3O4+. The Morgan fingerprint density at radius 2 is 2.00 bits per heavy atom. The lowest BCUT2D eigenvalue weighted by atomic mass is 10.1. The molecule has 2 aromatic rings. The lowest BCUT2D eigenvalue weighted by molar-refractivity contribution is -0.921. The van der Waals surface area contributed by atoms with Crippen LogP contribution in [0.3, 0.4) is 0 Å². The lowest BCUT2D eigenvalue weighted by Crippen LogP contribution is -3.12. The quantitative estimate of drug-likeness (QED) is 0.582. The van der Waals surface area contributed by atoms with E-state index in [2.05, 4.69) is 16.6 Å². The number of quaternary nitrogens is 1. The van der Waals surface area contributed by atoms with Gasteiger partial charge in [0.1, 0.15) is 36.9 Å². The molecule has 1 aliphatic heterocycles. The van der Waals surface area contributed by atoms with Gasteiger partial charge in [0.15, 0.2) is 0 Å². The number of nitrogens with zero attached hydrogens (tertiary/aromatic N) is 1. The van der Waals surface area contributed by atoms with Gasteiger partial charge in [0, 0.05) is 5.56 Å². The van der Waals surface area contributed by atoms with Crippen molar-refractivity contribution in [1.29, 1.82) is 0 Å². The van der Waals surface area contributed by atoms with Crippen LogP contribution in [0.2, 0.25) is 0 Å². The van der Waals surface area contributed by atoms with Crippen molar-refractivity contribution in [1.82, 2.24) is 5.43 Å². The van der Waals surface area contributed by atoms with Crippen molar-refractivity contribution in [3.63, 3.8) is 0 Å².